The third-order valence-electron chi connectivity index (χ3n) is 1.08. The molecule has 0 saturated heterocycles. The fraction of sp³-hybridized carbons (Fsp3) is 0.143. The van der Waals surface area contributed by atoms with Crippen molar-refractivity contribution in [3.63, 3.8) is 0 Å². The maximum Gasteiger partial charge on any atom is 0.139 e. The first-order valence-electron chi connectivity index (χ1n) is 2.87. The van der Waals surface area contributed by atoms with Crippen LogP contribution in [0.2, 0.25) is 0 Å². The van der Waals surface area contributed by atoms with Crippen LogP contribution in [0.4, 0.5) is 5.69 Å². The van der Waals surface area contributed by atoms with E-state index >= 15 is 0 Å². The van der Waals surface area contributed by atoms with Crippen molar-refractivity contribution in [2.75, 3.05) is 10.3 Å². The van der Waals surface area contributed by atoms with Crippen LogP contribution in [0, 0.1) is 0 Å². The lowest BCUT2D eigenvalue weighted by Gasteiger charge is -2.00. The van der Waals surface area contributed by atoms with Gasteiger partial charge in [-0.2, -0.15) is 0 Å². The molecule has 0 aliphatic heterocycles. The van der Waals surface area contributed by atoms with Crippen LogP contribution in [0.3, 0.4) is 0 Å². The molecule has 0 aromatic heterocycles. The largest absolute Gasteiger partial charge is 0.483 e. The van der Waals surface area contributed by atoms with E-state index in [9.17, 15) is 0 Å². The number of hydrogen-bond donors (Lipinski definition) is 1. The monoisotopic (exact) mass is 249 g/mol. The first kappa shape index (κ1) is 7.65. The second-order valence-electron chi connectivity index (χ2n) is 1.83. The topological polar surface area (TPSA) is 35.2 Å². The lowest BCUT2D eigenvalue weighted by molar-refractivity contribution is 0.404. The van der Waals surface area contributed by atoms with Crippen molar-refractivity contribution in [1.29, 1.82) is 0 Å². The van der Waals surface area contributed by atoms with E-state index in [2.05, 4.69) is 22.6 Å². The summed E-state index contributed by atoms with van der Waals surface area (Å²) in [6, 6.07) is 7.39. The quantitative estimate of drug-likeness (QED) is 0.494. The van der Waals surface area contributed by atoms with Crippen LogP contribution in [0.1, 0.15) is 0 Å². The van der Waals surface area contributed by atoms with E-state index < -0.39 is 0 Å². The van der Waals surface area contributed by atoms with Crippen molar-refractivity contribution in [3.8, 4) is 5.75 Å². The molecular weight excluding hydrogens is 241 g/mol. The highest BCUT2D eigenvalue weighted by Crippen LogP contribution is 2.14. The van der Waals surface area contributed by atoms with Crippen LogP contribution >= 0.6 is 22.6 Å². The molecule has 0 aliphatic rings. The third kappa shape index (κ3) is 2.06. The smallest absolute Gasteiger partial charge is 0.139 e. The molecule has 2 nitrogen and oxygen atoms in total. The van der Waals surface area contributed by atoms with E-state index in [1.807, 2.05) is 18.2 Å². The van der Waals surface area contributed by atoms with Gasteiger partial charge in [0.25, 0.3) is 0 Å². The van der Waals surface area contributed by atoms with Crippen LogP contribution in [0.25, 0.3) is 0 Å². The standard InChI is InChI=1S/C7H8INO/c8-5-10-7-3-1-2-6(9)4-7/h1-4H,5,9H2. The molecule has 1 aromatic carbocycles. The molecule has 0 amide bonds. The molecule has 0 spiro atoms. The van der Waals surface area contributed by atoms with Crippen LogP contribution < -0.4 is 10.5 Å². The average molecular weight is 249 g/mol. The average Bonchev–Trinajstić information content (AvgIpc) is 1.88. The number of ether oxygens (including phenoxy) is 1. The first-order valence-corrected chi connectivity index (χ1v) is 4.40. The van der Waals surface area contributed by atoms with Gasteiger partial charge in [0.1, 0.15) is 10.4 Å². The van der Waals surface area contributed by atoms with Crippen molar-refractivity contribution in [3.05, 3.63) is 24.3 Å². The van der Waals surface area contributed by atoms with Crippen molar-refractivity contribution in [2.45, 2.75) is 0 Å². The second-order valence-corrected chi connectivity index (χ2v) is 2.45. The number of benzene rings is 1. The van der Waals surface area contributed by atoms with Gasteiger partial charge in [-0.15, -0.1) is 0 Å². The van der Waals surface area contributed by atoms with E-state index in [0.29, 0.717) is 4.61 Å². The third-order valence-corrected chi connectivity index (χ3v) is 1.39. The Morgan fingerprint density at radius 3 is 2.90 bits per heavy atom. The Labute approximate surface area is 73.5 Å². The number of alkyl halides is 1. The molecule has 0 heterocycles. The Kier molecular flexibility index (Phi) is 2.80. The predicted octanol–water partition coefficient (Wildman–Crippen LogP) is 2.04. The first-order chi connectivity index (χ1) is 4.83. The number of rotatable bonds is 2. The molecule has 10 heavy (non-hydrogen) atoms. The Bertz CT molecular complexity index is 215. The fourth-order valence-electron chi connectivity index (χ4n) is 0.667. The van der Waals surface area contributed by atoms with Gasteiger partial charge in [0, 0.05) is 11.8 Å². The van der Waals surface area contributed by atoms with Gasteiger partial charge in [-0.3, -0.25) is 0 Å². The van der Waals surface area contributed by atoms with Gasteiger partial charge in [0.15, 0.2) is 0 Å². The zero-order chi connectivity index (χ0) is 7.40. The van der Waals surface area contributed by atoms with Gasteiger partial charge in [0.05, 0.1) is 0 Å². The Hall–Kier alpha value is -0.450. The summed E-state index contributed by atoms with van der Waals surface area (Å²) in [5.74, 6) is 0.828. The summed E-state index contributed by atoms with van der Waals surface area (Å²) in [6.07, 6.45) is 0. The van der Waals surface area contributed by atoms with E-state index in [0.717, 1.165) is 11.4 Å². The van der Waals surface area contributed by atoms with Gasteiger partial charge in [0.2, 0.25) is 0 Å². The van der Waals surface area contributed by atoms with Crippen molar-refractivity contribution < 1.29 is 4.74 Å². The Morgan fingerprint density at radius 1 is 1.50 bits per heavy atom. The molecule has 0 saturated carbocycles. The molecule has 0 bridgehead atoms. The minimum atomic E-state index is 0.654. The molecule has 1 rings (SSSR count). The van der Waals surface area contributed by atoms with E-state index in [4.69, 9.17) is 10.5 Å². The van der Waals surface area contributed by atoms with Crippen molar-refractivity contribution in [1.82, 2.24) is 0 Å². The highest BCUT2D eigenvalue weighted by molar-refractivity contribution is 14.1. The summed E-state index contributed by atoms with van der Waals surface area (Å²) < 4.78 is 5.85. The Balaban J connectivity index is 2.75. The molecule has 2 N–H and O–H groups in total. The Morgan fingerprint density at radius 2 is 2.30 bits per heavy atom. The van der Waals surface area contributed by atoms with E-state index in [1.54, 1.807) is 6.07 Å². The zero-order valence-corrected chi connectivity index (χ0v) is 7.54. The summed E-state index contributed by atoms with van der Waals surface area (Å²) in [6.45, 7) is 0. The van der Waals surface area contributed by atoms with Crippen molar-refractivity contribution in [2.24, 2.45) is 0 Å². The molecule has 1 aromatic rings. The van der Waals surface area contributed by atoms with Gasteiger partial charge in [-0.1, -0.05) is 6.07 Å². The second kappa shape index (κ2) is 3.65. The molecule has 54 valence electrons. The van der Waals surface area contributed by atoms with Gasteiger partial charge >= 0.3 is 0 Å². The van der Waals surface area contributed by atoms with E-state index in [1.165, 1.54) is 0 Å². The number of anilines is 1. The fourth-order valence-corrected chi connectivity index (χ4v) is 1.03. The zero-order valence-electron chi connectivity index (χ0n) is 5.38. The molecule has 0 radical (unpaired) electrons. The lowest BCUT2D eigenvalue weighted by Crippen LogP contribution is -1.89. The van der Waals surface area contributed by atoms with Gasteiger partial charge in [-0.25, -0.2) is 0 Å². The van der Waals surface area contributed by atoms with Crippen molar-refractivity contribution >= 4 is 28.3 Å². The summed E-state index contributed by atoms with van der Waals surface area (Å²) >= 11 is 2.14. The molecule has 0 atom stereocenters. The van der Waals surface area contributed by atoms with Crippen LogP contribution in [-0.2, 0) is 0 Å². The normalized spacial score (nSPS) is 9.30. The van der Waals surface area contributed by atoms with Crippen LogP contribution in [0.15, 0.2) is 24.3 Å². The number of hydrogen-bond acceptors (Lipinski definition) is 2. The summed E-state index contributed by atoms with van der Waals surface area (Å²) in [7, 11) is 0. The molecule has 0 fully saturated rings. The molecule has 0 unspecified atom stereocenters. The maximum absolute atomic E-state index is 5.51. The van der Waals surface area contributed by atoms with Crippen LogP contribution in [-0.4, -0.2) is 4.61 Å². The van der Waals surface area contributed by atoms with Gasteiger partial charge < -0.3 is 10.5 Å². The molecule has 0 aliphatic carbocycles. The summed E-state index contributed by atoms with van der Waals surface area (Å²) in [5.41, 5.74) is 6.24. The number of nitrogen functional groups attached to an aromatic ring is 1. The van der Waals surface area contributed by atoms with Gasteiger partial charge in [-0.05, 0) is 34.7 Å². The van der Waals surface area contributed by atoms with Crippen LogP contribution in [0.5, 0.6) is 5.75 Å². The summed E-state index contributed by atoms with van der Waals surface area (Å²) in [5, 5.41) is 0. The summed E-state index contributed by atoms with van der Waals surface area (Å²) in [4.78, 5) is 0. The van der Waals surface area contributed by atoms with E-state index in [-0.39, 0.29) is 0 Å². The maximum atomic E-state index is 5.51. The lowest BCUT2D eigenvalue weighted by atomic mass is 10.3. The minimum Gasteiger partial charge on any atom is -0.483 e. The molecule has 3 heteroatoms. The SMILES string of the molecule is Nc1cccc(OCI)c1. The highest BCUT2D eigenvalue weighted by Gasteiger charge is 1.89. The highest BCUT2D eigenvalue weighted by atomic mass is 127. The number of nitrogens with two attached hydrogens (primary N) is 1. The predicted molar refractivity (Wildman–Crippen MR) is 50.4 cm³/mol. The number of halogens is 1. The minimum absolute atomic E-state index is 0.654. The molecular formula is C7H8INO.